The van der Waals surface area contributed by atoms with Gasteiger partial charge in [-0.3, -0.25) is 4.79 Å². The second-order valence-corrected chi connectivity index (χ2v) is 4.54. The normalized spacial score (nSPS) is 12.7. The molecule has 100 valence electrons. The summed E-state index contributed by atoms with van der Waals surface area (Å²) in [6, 6.07) is 6.27. The number of carboxylic acids is 1. The number of carbonyl (C=O) groups is 1. The zero-order chi connectivity index (χ0) is 13.5. The third-order valence-electron chi connectivity index (χ3n) is 2.69. The minimum absolute atomic E-state index is 0.0768. The molecule has 1 unspecified atom stereocenters. The van der Waals surface area contributed by atoms with Crippen LogP contribution in [0.2, 0.25) is 0 Å². The van der Waals surface area contributed by atoms with Crippen molar-refractivity contribution in [3.63, 3.8) is 0 Å². The molecule has 1 N–H and O–H groups in total. The van der Waals surface area contributed by atoms with Gasteiger partial charge in [0.2, 0.25) is 0 Å². The summed E-state index contributed by atoms with van der Waals surface area (Å²) in [5.41, 5.74) is 0.439. The van der Waals surface area contributed by atoms with Crippen molar-refractivity contribution in [1.82, 2.24) is 0 Å². The van der Waals surface area contributed by atoms with Gasteiger partial charge in [0.25, 0.3) is 0 Å². The molecule has 0 spiro atoms. The first kappa shape index (κ1) is 14.6. The van der Waals surface area contributed by atoms with Crippen LogP contribution in [0.5, 0.6) is 0 Å². The zero-order valence-electron chi connectivity index (χ0n) is 10.7. The summed E-state index contributed by atoms with van der Waals surface area (Å²) in [6.45, 7) is 4.17. The van der Waals surface area contributed by atoms with Crippen molar-refractivity contribution in [2.24, 2.45) is 5.92 Å². The molecular formula is C14H19FO3. The molecule has 1 aromatic rings. The molecule has 0 heterocycles. The van der Waals surface area contributed by atoms with Crippen LogP contribution in [0, 0.1) is 11.7 Å². The summed E-state index contributed by atoms with van der Waals surface area (Å²) in [4.78, 5) is 11.1. The van der Waals surface area contributed by atoms with Crippen LogP contribution >= 0.6 is 0 Å². The molecule has 3 nitrogen and oxygen atoms in total. The molecule has 1 rings (SSSR count). The van der Waals surface area contributed by atoms with E-state index in [1.54, 1.807) is 18.2 Å². The molecule has 0 bridgehead atoms. The number of ether oxygens (including phenoxy) is 1. The fraction of sp³-hybridized carbons (Fsp3) is 0.500. The van der Waals surface area contributed by atoms with Gasteiger partial charge in [-0.15, -0.1) is 0 Å². The molecule has 18 heavy (non-hydrogen) atoms. The molecular weight excluding hydrogens is 235 g/mol. The van der Waals surface area contributed by atoms with Gasteiger partial charge in [0.05, 0.1) is 12.0 Å². The lowest BCUT2D eigenvalue weighted by Crippen LogP contribution is -2.20. The summed E-state index contributed by atoms with van der Waals surface area (Å²) >= 11 is 0. The predicted octanol–water partition coefficient (Wildman–Crippen LogP) is 2.88. The number of hydrogen-bond acceptors (Lipinski definition) is 2. The van der Waals surface area contributed by atoms with Gasteiger partial charge in [0.15, 0.2) is 0 Å². The number of halogens is 1. The van der Waals surface area contributed by atoms with Gasteiger partial charge in [-0.25, -0.2) is 4.39 Å². The van der Waals surface area contributed by atoms with Crippen molar-refractivity contribution < 1.29 is 19.0 Å². The van der Waals surface area contributed by atoms with Gasteiger partial charge in [-0.1, -0.05) is 18.2 Å². The van der Waals surface area contributed by atoms with E-state index in [2.05, 4.69) is 0 Å². The second kappa shape index (κ2) is 7.11. The van der Waals surface area contributed by atoms with Gasteiger partial charge in [-0.2, -0.15) is 0 Å². The molecule has 0 radical (unpaired) electrons. The van der Waals surface area contributed by atoms with Crippen LogP contribution in [0.25, 0.3) is 0 Å². The highest BCUT2D eigenvalue weighted by atomic mass is 19.1. The number of rotatable bonds is 7. The van der Waals surface area contributed by atoms with Crippen molar-refractivity contribution >= 4 is 5.97 Å². The molecule has 0 aliphatic carbocycles. The Hall–Kier alpha value is -1.42. The molecule has 0 saturated carbocycles. The lowest BCUT2D eigenvalue weighted by molar-refractivity contribution is -0.142. The van der Waals surface area contributed by atoms with Gasteiger partial charge in [0, 0.05) is 6.61 Å². The number of carboxylic acid groups (broad SMARTS) is 1. The van der Waals surface area contributed by atoms with E-state index in [0.29, 0.717) is 18.6 Å². The summed E-state index contributed by atoms with van der Waals surface area (Å²) in [7, 11) is 0. The number of aliphatic carboxylic acids is 1. The third kappa shape index (κ3) is 4.84. The van der Waals surface area contributed by atoms with Crippen LogP contribution in [0.1, 0.15) is 25.8 Å². The van der Waals surface area contributed by atoms with Crippen molar-refractivity contribution in [3.8, 4) is 0 Å². The lowest BCUT2D eigenvalue weighted by atomic mass is 9.96. The Morgan fingerprint density at radius 3 is 2.61 bits per heavy atom. The predicted molar refractivity (Wildman–Crippen MR) is 66.9 cm³/mol. The smallest absolute Gasteiger partial charge is 0.306 e. The van der Waals surface area contributed by atoms with E-state index in [9.17, 15) is 9.18 Å². The first-order valence-corrected chi connectivity index (χ1v) is 6.08. The van der Waals surface area contributed by atoms with Crippen molar-refractivity contribution in [3.05, 3.63) is 35.6 Å². The number of hydrogen-bond donors (Lipinski definition) is 1. The first-order valence-electron chi connectivity index (χ1n) is 6.08. The van der Waals surface area contributed by atoms with E-state index >= 15 is 0 Å². The molecule has 0 aromatic heterocycles. The molecule has 0 aliphatic heterocycles. The van der Waals surface area contributed by atoms with E-state index in [1.165, 1.54) is 6.07 Å². The molecule has 0 aliphatic rings. The Morgan fingerprint density at radius 2 is 2.06 bits per heavy atom. The van der Waals surface area contributed by atoms with Gasteiger partial charge in [0.1, 0.15) is 5.82 Å². The van der Waals surface area contributed by atoms with E-state index in [4.69, 9.17) is 9.84 Å². The van der Waals surface area contributed by atoms with Crippen LogP contribution in [-0.4, -0.2) is 23.8 Å². The quantitative estimate of drug-likeness (QED) is 0.813. The average Bonchev–Trinajstić information content (AvgIpc) is 2.29. The summed E-state index contributed by atoms with van der Waals surface area (Å²) in [6.07, 6.45) is 0.665. The van der Waals surface area contributed by atoms with Crippen molar-refractivity contribution in [2.45, 2.75) is 32.8 Å². The highest BCUT2D eigenvalue weighted by Gasteiger charge is 2.19. The standard InChI is InChI=1S/C14H19FO3/c1-10(2)18-8-7-12(14(16)17)9-11-5-3-4-6-13(11)15/h3-6,10,12H,7-9H2,1-2H3,(H,16,17). The minimum atomic E-state index is -0.911. The van der Waals surface area contributed by atoms with Gasteiger partial charge in [-0.05, 0) is 38.3 Å². The largest absolute Gasteiger partial charge is 0.481 e. The molecule has 4 heteroatoms. The van der Waals surface area contributed by atoms with E-state index in [0.717, 1.165) is 0 Å². The van der Waals surface area contributed by atoms with Crippen LogP contribution in [-0.2, 0) is 16.0 Å². The van der Waals surface area contributed by atoms with Crippen molar-refractivity contribution in [1.29, 1.82) is 0 Å². The fourth-order valence-corrected chi connectivity index (χ4v) is 1.69. The van der Waals surface area contributed by atoms with E-state index in [1.807, 2.05) is 13.8 Å². The molecule has 1 aromatic carbocycles. The highest BCUT2D eigenvalue weighted by molar-refractivity contribution is 5.70. The average molecular weight is 254 g/mol. The minimum Gasteiger partial charge on any atom is -0.481 e. The van der Waals surface area contributed by atoms with E-state index in [-0.39, 0.29) is 18.3 Å². The Balaban J connectivity index is 2.58. The van der Waals surface area contributed by atoms with Gasteiger partial charge >= 0.3 is 5.97 Å². The SMILES string of the molecule is CC(C)OCCC(Cc1ccccc1F)C(=O)O. The molecule has 0 saturated heterocycles. The molecule has 1 atom stereocenters. The Labute approximate surface area is 107 Å². The Kier molecular flexibility index (Phi) is 5.78. The first-order chi connectivity index (χ1) is 8.50. The van der Waals surface area contributed by atoms with Crippen LogP contribution < -0.4 is 0 Å². The maximum Gasteiger partial charge on any atom is 0.306 e. The van der Waals surface area contributed by atoms with Crippen molar-refractivity contribution in [2.75, 3.05) is 6.61 Å². The van der Waals surface area contributed by atoms with E-state index < -0.39 is 11.9 Å². The van der Waals surface area contributed by atoms with Crippen LogP contribution in [0.15, 0.2) is 24.3 Å². The summed E-state index contributed by atoms with van der Waals surface area (Å²) in [5.74, 6) is -1.88. The lowest BCUT2D eigenvalue weighted by Gasteiger charge is -2.14. The van der Waals surface area contributed by atoms with Crippen LogP contribution in [0.4, 0.5) is 4.39 Å². The van der Waals surface area contributed by atoms with Crippen LogP contribution in [0.3, 0.4) is 0 Å². The fourth-order valence-electron chi connectivity index (χ4n) is 1.69. The maximum atomic E-state index is 13.4. The maximum absolute atomic E-state index is 13.4. The third-order valence-corrected chi connectivity index (χ3v) is 2.69. The molecule has 0 fully saturated rings. The summed E-state index contributed by atoms with van der Waals surface area (Å²) in [5, 5.41) is 9.11. The highest BCUT2D eigenvalue weighted by Crippen LogP contribution is 2.16. The second-order valence-electron chi connectivity index (χ2n) is 4.54. The zero-order valence-corrected chi connectivity index (χ0v) is 10.7. The topological polar surface area (TPSA) is 46.5 Å². The summed E-state index contributed by atoms with van der Waals surface area (Å²) < 4.78 is 18.8. The Bertz CT molecular complexity index is 390. The number of benzene rings is 1. The monoisotopic (exact) mass is 254 g/mol. The molecule has 0 amide bonds. The Morgan fingerprint density at radius 1 is 1.39 bits per heavy atom. The van der Waals surface area contributed by atoms with Gasteiger partial charge < -0.3 is 9.84 Å².